The molecule has 0 aliphatic carbocycles. The number of methoxy groups -OCH3 is 1. The van der Waals surface area contributed by atoms with E-state index in [0.717, 1.165) is 34.9 Å². The lowest BCUT2D eigenvalue weighted by atomic mass is 9.98. The van der Waals surface area contributed by atoms with Crippen LogP contribution in [0.5, 0.6) is 5.75 Å². The molecular weight excluding hydrogens is 236 g/mol. The maximum absolute atomic E-state index is 10.2. The minimum atomic E-state index is -0.367. The molecule has 2 aromatic carbocycles. The summed E-state index contributed by atoms with van der Waals surface area (Å²) in [6, 6.07) is 12.1. The Bertz CT molecular complexity index is 546. The van der Waals surface area contributed by atoms with E-state index in [1.807, 2.05) is 30.3 Å². The molecule has 102 valence electrons. The second kappa shape index (κ2) is 6.07. The molecule has 2 rings (SSSR count). The van der Waals surface area contributed by atoms with Gasteiger partial charge in [-0.15, -0.1) is 0 Å². The number of hydrogen-bond donors (Lipinski definition) is 1. The van der Waals surface area contributed by atoms with Crippen molar-refractivity contribution >= 4 is 10.8 Å². The van der Waals surface area contributed by atoms with Crippen LogP contribution >= 0.6 is 0 Å². The van der Waals surface area contributed by atoms with Crippen LogP contribution in [0.3, 0.4) is 0 Å². The summed E-state index contributed by atoms with van der Waals surface area (Å²) >= 11 is 0. The van der Waals surface area contributed by atoms with Crippen molar-refractivity contribution in [3.8, 4) is 5.75 Å². The molecule has 1 atom stereocenters. The Morgan fingerprint density at radius 1 is 1.00 bits per heavy atom. The summed E-state index contributed by atoms with van der Waals surface area (Å²) < 4.78 is 5.22. The van der Waals surface area contributed by atoms with Crippen molar-refractivity contribution in [2.75, 3.05) is 7.11 Å². The van der Waals surface area contributed by atoms with Gasteiger partial charge in [0.1, 0.15) is 5.75 Å². The number of aliphatic hydroxyl groups is 1. The summed E-state index contributed by atoms with van der Waals surface area (Å²) in [5.41, 5.74) is 0.998. The number of ether oxygens (including phenoxy) is 1. The second-order valence-corrected chi connectivity index (χ2v) is 5.46. The largest absolute Gasteiger partial charge is 0.497 e. The van der Waals surface area contributed by atoms with Gasteiger partial charge in [0.15, 0.2) is 0 Å². The van der Waals surface area contributed by atoms with Crippen molar-refractivity contribution in [2.45, 2.75) is 32.8 Å². The van der Waals surface area contributed by atoms with E-state index in [1.165, 1.54) is 0 Å². The van der Waals surface area contributed by atoms with E-state index < -0.39 is 0 Å². The van der Waals surface area contributed by atoms with E-state index in [-0.39, 0.29) is 6.10 Å². The molecule has 0 bridgehead atoms. The fourth-order valence-corrected chi connectivity index (χ4v) is 2.23. The minimum absolute atomic E-state index is 0.367. The first-order valence-electron chi connectivity index (χ1n) is 6.86. The average molecular weight is 258 g/mol. The summed E-state index contributed by atoms with van der Waals surface area (Å²) in [6.45, 7) is 4.36. The van der Waals surface area contributed by atoms with E-state index in [1.54, 1.807) is 7.11 Å². The molecule has 0 amide bonds. The third-order valence-electron chi connectivity index (χ3n) is 3.47. The Labute approximate surface area is 115 Å². The Morgan fingerprint density at radius 3 is 2.37 bits per heavy atom. The molecule has 0 saturated heterocycles. The van der Waals surface area contributed by atoms with Gasteiger partial charge in [0.2, 0.25) is 0 Å². The summed E-state index contributed by atoms with van der Waals surface area (Å²) in [5.74, 6) is 1.49. The monoisotopic (exact) mass is 258 g/mol. The Hall–Kier alpha value is -1.54. The van der Waals surface area contributed by atoms with Crippen LogP contribution in [0.4, 0.5) is 0 Å². The lowest BCUT2D eigenvalue weighted by molar-refractivity contribution is 0.159. The molecule has 2 nitrogen and oxygen atoms in total. The number of aliphatic hydroxyl groups excluding tert-OH is 1. The first-order valence-corrected chi connectivity index (χ1v) is 6.86. The normalized spacial score (nSPS) is 12.9. The van der Waals surface area contributed by atoms with E-state index in [2.05, 4.69) is 19.9 Å². The molecule has 0 saturated carbocycles. The highest BCUT2D eigenvalue weighted by Gasteiger charge is 2.09. The van der Waals surface area contributed by atoms with Crippen LogP contribution in [-0.4, -0.2) is 12.2 Å². The maximum atomic E-state index is 10.2. The predicted octanol–water partition coefficient (Wildman–Crippen LogP) is 4.32. The molecule has 0 aromatic heterocycles. The molecular formula is C17H22O2. The summed E-state index contributed by atoms with van der Waals surface area (Å²) in [4.78, 5) is 0. The van der Waals surface area contributed by atoms with Gasteiger partial charge in [0.05, 0.1) is 13.2 Å². The van der Waals surface area contributed by atoms with Crippen molar-refractivity contribution in [1.82, 2.24) is 0 Å². The molecule has 0 radical (unpaired) electrons. The van der Waals surface area contributed by atoms with Gasteiger partial charge in [0, 0.05) is 0 Å². The van der Waals surface area contributed by atoms with Crippen LogP contribution in [0.1, 0.15) is 38.4 Å². The van der Waals surface area contributed by atoms with Crippen LogP contribution in [0, 0.1) is 5.92 Å². The molecule has 0 fully saturated rings. The van der Waals surface area contributed by atoms with Crippen molar-refractivity contribution in [2.24, 2.45) is 5.92 Å². The summed E-state index contributed by atoms with van der Waals surface area (Å²) in [7, 11) is 1.67. The van der Waals surface area contributed by atoms with Gasteiger partial charge in [-0.05, 0) is 53.3 Å². The molecule has 1 unspecified atom stereocenters. The molecule has 0 aliphatic heterocycles. The summed E-state index contributed by atoms with van der Waals surface area (Å²) in [5, 5.41) is 12.5. The lowest BCUT2D eigenvalue weighted by Crippen LogP contribution is -1.99. The number of benzene rings is 2. The number of hydrogen-bond acceptors (Lipinski definition) is 2. The Balaban J connectivity index is 2.21. The Morgan fingerprint density at radius 2 is 1.68 bits per heavy atom. The van der Waals surface area contributed by atoms with Gasteiger partial charge in [-0.3, -0.25) is 0 Å². The highest BCUT2D eigenvalue weighted by atomic mass is 16.5. The van der Waals surface area contributed by atoms with Crippen LogP contribution < -0.4 is 4.74 Å². The van der Waals surface area contributed by atoms with E-state index >= 15 is 0 Å². The zero-order valence-electron chi connectivity index (χ0n) is 11.9. The van der Waals surface area contributed by atoms with Crippen molar-refractivity contribution in [3.63, 3.8) is 0 Å². The predicted molar refractivity (Wildman–Crippen MR) is 79.5 cm³/mol. The Kier molecular flexibility index (Phi) is 4.43. The van der Waals surface area contributed by atoms with E-state index in [9.17, 15) is 5.11 Å². The van der Waals surface area contributed by atoms with Crippen LogP contribution in [0.2, 0.25) is 0 Å². The fraction of sp³-hybridized carbons (Fsp3) is 0.412. The third kappa shape index (κ3) is 3.48. The van der Waals surface area contributed by atoms with Crippen molar-refractivity contribution in [3.05, 3.63) is 42.0 Å². The molecule has 2 heteroatoms. The highest BCUT2D eigenvalue weighted by Crippen LogP contribution is 2.26. The van der Waals surface area contributed by atoms with Crippen molar-refractivity contribution < 1.29 is 9.84 Å². The molecule has 19 heavy (non-hydrogen) atoms. The average Bonchev–Trinajstić information content (AvgIpc) is 2.43. The SMILES string of the molecule is COc1ccc2cc(C(O)CCC(C)C)ccc2c1. The third-order valence-corrected chi connectivity index (χ3v) is 3.47. The zero-order valence-corrected chi connectivity index (χ0v) is 11.9. The molecule has 0 heterocycles. The summed E-state index contributed by atoms with van der Waals surface area (Å²) in [6.07, 6.45) is 1.50. The van der Waals surface area contributed by atoms with Crippen LogP contribution in [-0.2, 0) is 0 Å². The fourth-order valence-electron chi connectivity index (χ4n) is 2.23. The van der Waals surface area contributed by atoms with Crippen LogP contribution in [0.15, 0.2) is 36.4 Å². The second-order valence-electron chi connectivity index (χ2n) is 5.46. The van der Waals surface area contributed by atoms with Gasteiger partial charge < -0.3 is 9.84 Å². The number of fused-ring (bicyclic) bond motifs is 1. The number of rotatable bonds is 5. The smallest absolute Gasteiger partial charge is 0.119 e. The topological polar surface area (TPSA) is 29.5 Å². The van der Waals surface area contributed by atoms with Gasteiger partial charge in [-0.1, -0.05) is 32.0 Å². The first-order chi connectivity index (χ1) is 9.10. The molecule has 0 aliphatic rings. The van der Waals surface area contributed by atoms with Gasteiger partial charge in [0.25, 0.3) is 0 Å². The van der Waals surface area contributed by atoms with Crippen molar-refractivity contribution in [1.29, 1.82) is 0 Å². The van der Waals surface area contributed by atoms with Gasteiger partial charge in [-0.2, -0.15) is 0 Å². The van der Waals surface area contributed by atoms with Gasteiger partial charge in [-0.25, -0.2) is 0 Å². The molecule has 0 spiro atoms. The van der Waals surface area contributed by atoms with E-state index in [4.69, 9.17) is 4.74 Å². The standard InChI is InChI=1S/C17H22O2/c1-12(2)4-9-17(18)15-6-5-14-11-16(19-3)8-7-13(14)10-15/h5-8,10-12,17-18H,4,9H2,1-3H3. The quantitative estimate of drug-likeness (QED) is 0.865. The zero-order chi connectivity index (χ0) is 13.8. The van der Waals surface area contributed by atoms with Crippen LogP contribution in [0.25, 0.3) is 10.8 Å². The molecule has 2 aromatic rings. The highest BCUT2D eigenvalue weighted by molar-refractivity contribution is 5.84. The molecule has 1 N–H and O–H groups in total. The van der Waals surface area contributed by atoms with Gasteiger partial charge >= 0.3 is 0 Å². The minimum Gasteiger partial charge on any atom is -0.497 e. The maximum Gasteiger partial charge on any atom is 0.119 e. The van der Waals surface area contributed by atoms with E-state index in [0.29, 0.717) is 5.92 Å². The lowest BCUT2D eigenvalue weighted by Gasteiger charge is -2.13. The first kappa shape index (κ1) is 13.9.